The van der Waals surface area contributed by atoms with Gasteiger partial charge in [-0.15, -0.1) is 0 Å². The number of hydrogen-bond donors (Lipinski definition) is 2. The van der Waals surface area contributed by atoms with Crippen molar-refractivity contribution in [3.05, 3.63) is 35.4 Å². The summed E-state index contributed by atoms with van der Waals surface area (Å²) in [7, 11) is 0. The summed E-state index contributed by atoms with van der Waals surface area (Å²) in [5.41, 5.74) is 5.55. The van der Waals surface area contributed by atoms with Gasteiger partial charge in [0.25, 0.3) is 0 Å². The number of aryl methyl sites for hydroxylation is 1. The zero-order valence-corrected chi connectivity index (χ0v) is 10.9. The largest absolute Gasteiger partial charge is 0.382 e. The first-order chi connectivity index (χ1) is 8.30. The molecule has 0 heterocycles. The lowest BCUT2D eigenvalue weighted by Gasteiger charge is -2.15. The van der Waals surface area contributed by atoms with Crippen molar-refractivity contribution < 1.29 is 4.74 Å². The Kier molecular flexibility index (Phi) is 6.86. The standard InChI is InChI=1S/C14H24N2O/c1-3-12-5-7-13(8-6-12)11-14(16-15)9-10-17-4-2/h5-8,14,16H,3-4,9-11,15H2,1-2H3. The van der Waals surface area contributed by atoms with Crippen LogP contribution in [-0.2, 0) is 17.6 Å². The molecule has 0 saturated heterocycles. The van der Waals surface area contributed by atoms with Crippen LogP contribution in [0, 0.1) is 0 Å². The van der Waals surface area contributed by atoms with Crippen LogP contribution < -0.4 is 11.3 Å². The molecule has 1 aromatic rings. The highest BCUT2D eigenvalue weighted by Gasteiger charge is 2.07. The summed E-state index contributed by atoms with van der Waals surface area (Å²) < 4.78 is 5.34. The van der Waals surface area contributed by atoms with Crippen molar-refractivity contribution in [2.24, 2.45) is 5.84 Å². The minimum atomic E-state index is 0.286. The van der Waals surface area contributed by atoms with Gasteiger partial charge < -0.3 is 4.74 Å². The summed E-state index contributed by atoms with van der Waals surface area (Å²) in [5, 5.41) is 0. The van der Waals surface area contributed by atoms with Crippen molar-refractivity contribution in [1.29, 1.82) is 0 Å². The third kappa shape index (κ3) is 5.31. The molecule has 3 N–H and O–H groups in total. The van der Waals surface area contributed by atoms with Gasteiger partial charge in [-0.2, -0.15) is 0 Å². The molecule has 0 spiro atoms. The fourth-order valence-electron chi connectivity index (χ4n) is 1.81. The molecular weight excluding hydrogens is 212 g/mol. The van der Waals surface area contributed by atoms with Gasteiger partial charge in [0.1, 0.15) is 0 Å². The second-order valence-corrected chi connectivity index (χ2v) is 4.22. The number of hydrazine groups is 1. The Morgan fingerprint density at radius 3 is 2.35 bits per heavy atom. The van der Waals surface area contributed by atoms with E-state index >= 15 is 0 Å². The normalized spacial score (nSPS) is 12.6. The number of nitrogens with two attached hydrogens (primary N) is 1. The van der Waals surface area contributed by atoms with Crippen molar-refractivity contribution in [1.82, 2.24) is 5.43 Å². The summed E-state index contributed by atoms with van der Waals surface area (Å²) in [6.07, 6.45) is 2.98. The maximum absolute atomic E-state index is 5.55. The van der Waals surface area contributed by atoms with Crippen LogP contribution in [0.2, 0.25) is 0 Å². The Morgan fingerprint density at radius 1 is 1.18 bits per heavy atom. The quantitative estimate of drug-likeness (QED) is 0.412. The Hall–Kier alpha value is -0.900. The molecule has 0 saturated carbocycles. The summed E-state index contributed by atoms with van der Waals surface area (Å²) in [4.78, 5) is 0. The highest BCUT2D eigenvalue weighted by Crippen LogP contribution is 2.09. The minimum Gasteiger partial charge on any atom is -0.382 e. The SMILES string of the molecule is CCOCCC(Cc1ccc(CC)cc1)NN. The zero-order valence-electron chi connectivity index (χ0n) is 10.9. The van der Waals surface area contributed by atoms with Gasteiger partial charge in [0.2, 0.25) is 0 Å². The first-order valence-electron chi connectivity index (χ1n) is 6.41. The average Bonchev–Trinajstić information content (AvgIpc) is 2.38. The van der Waals surface area contributed by atoms with Gasteiger partial charge in [0, 0.05) is 19.3 Å². The molecule has 17 heavy (non-hydrogen) atoms. The minimum absolute atomic E-state index is 0.286. The van der Waals surface area contributed by atoms with Gasteiger partial charge in [0.15, 0.2) is 0 Å². The van der Waals surface area contributed by atoms with E-state index in [1.54, 1.807) is 0 Å². The second-order valence-electron chi connectivity index (χ2n) is 4.22. The maximum atomic E-state index is 5.55. The molecule has 0 fully saturated rings. The van der Waals surface area contributed by atoms with E-state index in [1.807, 2.05) is 6.92 Å². The predicted molar refractivity (Wildman–Crippen MR) is 71.7 cm³/mol. The molecule has 0 amide bonds. The molecule has 1 atom stereocenters. The topological polar surface area (TPSA) is 47.3 Å². The average molecular weight is 236 g/mol. The van der Waals surface area contributed by atoms with Crippen molar-refractivity contribution in [2.75, 3.05) is 13.2 Å². The third-order valence-corrected chi connectivity index (χ3v) is 2.96. The van der Waals surface area contributed by atoms with E-state index in [0.29, 0.717) is 0 Å². The Labute approximate surface area is 104 Å². The van der Waals surface area contributed by atoms with Gasteiger partial charge in [-0.1, -0.05) is 31.2 Å². The van der Waals surface area contributed by atoms with Gasteiger partial charge in [-0.05, 0) is 37.3 Å². The van der Waals surface area contributed by atoms with Crippen LogP contribution in [0.15, 0.2) is 24.3 Å². The van der Waals surface area contributed by atoms with Gasteiger partial charge in [-0.25, -0.2) is 0 Å². The molecule has 96 valence electrons. The molecule has 3 heteroatoms. The Balaban J connectivity index is 2.43. The first kappa shape index (κ1) is 14.2. The molecule has 0 aliphatic carbocycles. The second kappa shape index (κ2) is 8.23. The summed E-state index contributed by atoms with van der Waals surface area (Å²) in [6, 6.07) is 9.03. The number of rotatable bonds is 8. The van der Waals surface area contributed by atoms with Crippen LogP contribution in [0.1, 0.15) is 31.4 Å². The summed E-state index contributed by atoms with van der Waals surface area (Å²) >= 11 is 0. The molecule has 0 radical (unpaired) electrons. The van der Waals surface area contributed by atoms with E-state index in [-0.39, 0.29) is 6.04 Å². The van der Waals surface area contributed by atoms with Crippen molar-refractivity contribution in [3.63, 3.8) is 0 Å². The fraction of sp³-hybridized carbons (Fsp3) is 0.571. The van der Waals surface area contributed by atoms with E-state index in [9.17, 15) is 0 Å². The van der Waals surface area contributed by atoms with E-state index in [0.717, 1.165) is 32.5 Å². The highest BCUT2D eigenvalue weighted by atomic mass is 16.5. The third-order valence-electron chi connectivity index (χ3n) is 2.96. The van der Waals surface area contributed by atoms with Crippen molar-refractivity contribution in [3.8, 4) is 0 Å². The van der Waals surface area contributed by atoms with Crippen LogP contribution >= 0.6 is 0 Å². The molecule has 0 aliphatic rings. The van der Waals surface area contributed by atoms with Crippen LogP contribution in [0.4, 0.5) is 0 Å². The molecule has 0 aliphatic heterocycles. The molecule has 1 aromatic carbocycles. The first-order valence-corrected chi connectivity index (χ1v) is 6.41. The van der Waals surface area contributed by atoms with Crippen LogP contribution in [0.3, 0.4) is 0 Å². The molecular formula is C14H24N2O. The molecule has 0 bridgehead atoms. The lowest BCUT2D eigenvalue weighted by molar-refractivity contribution is 0.136. The Morgan fingerprint density at radius 2 is 1.82 bits per heavy atom. The number of hydrogen-bond acceptors (Lipinski definition) is 3. The summed E-state index contributed by atoms with van der Waals surface area (Å²) in [5.74, 6) is 5.55. The lowest BCUT2D eigenvalue weighted by atomic mass is 10.0. The molecule has 1 unspecified atom stereocenters. The van der Waals surface area contributed by atoms with Crippen LogP contribution in [0.5, 0.6) is 0 Å². The number of nitrogens with one attached hydrogen (secondary N) is 1. The number of ether oxygens (including phenoxy) is 1. The van der Waals surface area contributed by atoms with Gasteiger partial charge in [-0.3, -0.25) is 11.3 Å². The van der Waals surface area contributed by atoms with Crippen LogP contribution in [0.25, 0.3) is 0 Å². The molecule has 0 aromatic heterocycles. The molecule has 1 rings (SSSR count). The number of benzene rings is 1. The predicted octanol–water partition coefficient (Wildman–Crippen LogP) is 2.05. The molecule has 3 nitrogen and oxygen atoms in total. The lowest BCUT2D eigenvalue weighted by Crippen LogP contribution is -2.37. The van der Waals surface area contributed by atoms with E-state index in [1.165, 1.54) is 11.1 Å². The van der Waals surface area contributed by atoms with Crippen LogP contribution in [-0.4, -0.2) is 19.3 Å². The van der Waals surface area contributed by atoms with Crippen molar-refractivity contribution >= 4 is 0 Å². The monoisotopic (exact) mass is 236 g/mol. The van der Waals surface area contributed by atoms with Gasteiger partial charge >= 0.3 is 0 Å². The maximum Gasteiger partial charge on any atom is 0.0481 e. The highest BCUT2D eigenvalue weighted by molar-refractivity contribution is 5.23. The Bertz CT molecular complexity index is 298. The van der Waals surface area contributed by atoms with E-state index in [2.05, 4.69) is 36.6 Å². The summed E-state index contributed by atoms with van der Waals surface area (Å²) in [6.45, 7) is 5.70. The van der Waals surface area contributed by atoms with E-state index in [4.69, 9.17) is 10.6 Å². The fourth-order valence-corrected chi connectivity index (χ4v) is 1.81. The van der Waals surface area contributed by atoms with E-state index < -0.39 is 0 Å². The van der Waals surface area contributed by atoms with Crippen molar-refractivity contribution in [2.45, 2.75) is 39.2 Å². The smallest absolute Gasteiger partial charge is 0.0481 e. The van der Waals surface area contributed by atoms with Gasteiger partial charge in [0.05, 0.1) is 0 Å². The zero-order chi connectivity index (χ0) is 12.5.